The molecule has 0 saturated heterocycles. The number of carbonyl (C=O) groups excluding carboxylic acids is 1. The van der Waals surface area contributed by atoms with E-state index in [1.54, 1.807) is 0 Å². The topological polar surface area (TPSA) is 64.3 Å². The zero-order chi connectivity index (χ0) is 13.4. The lowest BCUT2D eigenvalue weighted by Gasteiger charge is -2.53. The zero-order valence-electron chi connectivity index (χ0n) is 11.8. The molecule has 3 saturated carbocycles. The van der Waals surface area contributed by atoms with Crippen molar-refractivity contribution < 1.29 is 9.53 Å². The second kappa shape index (κ2) is 4.41. The minimum atomic E-state index is -0.426. The Hall–Kier alpha value is -0.770. The van der Waals surface area contributed by atoms with Gasteiger partial charge in [0, 0.05) is 5.54 Å². The first-order valence-electron chi connectivity index (χ1n) is 7.00. The summed E-state index contributed by atoms with van der Waals surface area (Å²) in [5.74, 6) is 0. The Labute approximate surface area is 110 Å². The molecule has 0 aliphatic heterocycles. The van der Waals surface area contributed by atoms with Gasteiger partial charge >= 0.3 is 6.09 Å². The highest BCUT2D eigenvalue weighted by atomic mass is 16.6. The van der Waals surface area contributed by atoms with E-state index in [0.717, 1.165) is 45.1 Å². The first kappa shape index (κ1) is 13.7. The fourth-order valence-electron chi connectivity index (χ4n) is 3.28. The minimum absolute atomic E-state index is 0.0285. The molecule has 2 bridgehead atoms. The molecule has 3 aliphatic rings. The Balaban J connectivity index is 1.93. The summed E-state index contributed by atoms with van der Waals surface area (Å²) in [6.45, 7) is 6.47. The van der Waals surface area contributed by atoms with Gasteiger partial charge in [-0.05, 0) is 71.3 Å². The van der Waals surface area contributed by atoms with E-state index in [4.69, 9.17) is 10.5 Å². The van der Waals surface area contributed by atoms with Crippen molar-refractivity contribution in [3.05, 3.63) is 0 Å². The van der Waals surface area contributed by atoms with Crippen LogP contribution in [0.1, 0.15) is 59.3 Å². The second-order valence-corrected chi connectivity index (χ2v) is 7.11. The average molecular weight is 254 g/mol. The van der Waals surface area contributed by atoms with Gasteiger partial charge in [0.1, 0.15) is 5.60 Å². The fourth-order valence-corrected chi connectivity index (χ4v) is 3.28. The number of ether oxygens (including phenoxy) is 1. The third-order valence-electron chi connectivity index (χ3n) is 4.60. The summed E-state index contributed by atoms with van der Waals surface area (Å²) in [6, 6.07) is 0. The molecular weight excluding hydrogens is 228 g/mol. The van der Waals surface area contributed by atoms with E-state index in [9.17, 15) is 4.79 Å². The number of hydrogen-bond donors (Lipinski definition) is 2. The van der Waals surface area contributed by atoms with Crippen LogP contribution in [0.15, 0.2) is 0 Å². The van der Waals surface area contributed by atoms with Crippen molar-refractivity contribution >= 4 is 6.09 Å². The first-order valence-corrected chi connectivity index (χ1v) is 7.00. The third-order valence-corrected chi connectivity index (χ3v) is 4.60. The summed E-state index contributed by atoms with van der Waals surface area (Å²) in [5.41, 5.74) is 5.79. The molecule has 18 heavy (non-hydrogen) atoms. The molecule has 3 rings (SSSR count). The number of hydrogen-bond acceptors (Lipinski definition) is 3. The van der Waals surface area contributed by atoms with E-state index < -0.39 is 5.60 Å². The summed E-state index contributed by atoms with van der Waals surface area (Å²) in [4.78, 5) is 11.9. The van der Waals surface area contributed by atoms with Crippen LogP contribution >= 0.6 is 0 Å². The number of amides is 1. The van der Waals surface area contributed by atoms with Crippen molar-refractivity contribution in [3.8, 4) is 0 Å². The zero-order valence-corrected chi connectivity index (χ0v) is 11.8. The monoisotopic (exact) mass is 254 g/mol. The van der Waals surface area contributed by atoms with E-state index in [1.807, 2.05) is 20.8 Å². The number of nitrogens with two attached hydrogens (primary N) is 1. The number of fused-ring (bicyclic) bond motifs is 3. The van der Waals surface area contributed by atoms with Crippen LogP contribution in [0.25, 0.3) is 0 Å². The number of alkyl carbamates (subject to hydrolysis) is 1. The quantitative estimate of drug-likeness (QED) is 0.796. The van der Waals surface area contributed by atoms with E-state index in [2.05, 4.69) is 5.32 Å². The van der Waals surface area contributed by atoms with Crippen molar-refractivity contribution in [1.82, 2.24) is 5.32 Å². The molecule has 0 aromatic heterocycles. The predicted molar refractivity (Wildman–Crippen MR) is 71.3 cm³/mol. The standard InChI is InChI=1S/C14H26N2O2/c1-12(2,3)18-11(17)16-14-7-4-13(10-15,5-8-14)6-9-14/h4-10,15H2,1-3H3,(H,16,17)/t13-,14+. The molecule has 104 valence electrons. The van der Waals surface area contributed by atoms with Gasteiger partial charge < -0.3 is 15.8 Å². The van der Waals surface area contributed by atoms with Crippen LogP contribution in [0.4, 0.5) is 4.79 Å². The maximum Gasteiger partial charge on any atom is 0.408 e. The van der Waals surface area contributed by atoms with E-state index >= 15 is 0 Å². The molecule has 0 spiro atoms. The van der Waals surface area contributed by atoms with Crippen molar-refractivity contribution in [2.24, 2.45) is 11.1 Å². The molecule has 0 radical (unpaired) electrons. The Kier molecular flexibility index (Phi) is 3.34. The van der Waals surface area contributed by atoms with Gasteiger partial charge in [0.2, 0.25) is 0 Å². The van der Waals surface area contributed by atoms with E-state index in [-0.39, 0.29) is 11.6 Å². The Morgan fingerprint density at radius 3 is 2.06 bits per heavy atom. The van der Waals surface area contributed by atoms with Crippen molar-refractivity contribution in [2.75, 3.05) is 6.54 Å². The van der Waals surface area contributed by atoms with Gasteiger partial charge in [0.05, 0.1) is 0 Å². The highest BCUT2D eigenvalue weighted by molar-refractivity contribution is 5.68. The number of carbonyl (C=O) groups is 1. The van der Waals surface area contributed by atoms with Crippen molar-refractivity contribution in [1.29, 1.82) is 0 Å². The first-order chi connectivity index (χ1) is 8.28. The van der Waals surface area contributed by atoms with Crippen molar-refractivity contribution in [2.45, 2.75) is 70.4 Å². The lowest BCUT2D eigenvalue weighted by Crippen LogP contribution is -2.58. The predicted octanol–water partition coefficient (Wildman–Crippen LogP) is 2.56. The summed E-state index contributed by atoms with van der Waals surface area (Å²) in [7, 11) is 0. The van der Waals surface area contributed by atoms with Crippen molar-refractivity contribution in [3.63, 3.8) is 0 Å². The molecule has 4 nitrogen and oxygen atoms in total. The van der Waals surface area contributed by atoms with Crippen LogP contribution < -0.4 is 11.1 Å². The van der Waals surface area contributed by atoms with Crippen LogP contribution in [-0.4, -0.2) is 23.8 Å². The Morgan fingerprint density at radius 2 is 1.67 bits per heavy atom. The highest BCUT2D eigenvalue weighted by Crippen LogP contribution is 2.51. The van der Waals surface area contributed by atoms with Gasteiger partial charge in [0.25, 0.3) is 0 Å². The third kappa shape index (κ3) is 2.79. The van der Waals surface area contributed by atoms with Gasteiger partial charge in [0.15, 0.2) is 0 Å². The highest BCUT2D eigenvalue weighted by Gasteiger charge is 2.48. The van der Waals surface area contributed by atoms with Gasteiger partial charge in [-0.1, -0.05) is 0 Å². The van der Waals surface area contributed by atoms with Gasteiger partial charge in [-0.3, -0.25) is 0 Å². The smallest absolute Gasteiger partial charge is 0.408 e. The van der Waals surface area contributed by atoms with Gasteiger partial charge in [-0.2, -0.15) is 0 Å². The Bertz CT molecular complexity index is 309. The maximum absolute atomic E-state index is 11.9. The van der Waals surface area contributed by atoms with Crippen LogP contribution in [-0.2, 0) is 4.74 Å². The Morgan fingerprint density at radius 1 is 1.17 bits per heavy atom. The molecule has 1 amide bonds. The molecule has 0 atom stereocenters. The minimum Gasteiger partial charge on any atom is -0.444 e. The average Bonchev–Trinajstić information content (AvgIpc) is 2.28. The van der Waals surface area contributed by atoms with Crippen LogP contribution in [0.2, 0.25) is 0 Å². The number of nitrogens with one attached hydrogen (secondary N) is 1. The summed E-state index contributed by atoms with van der Waals surface area (Å²) in [5, 5.41) is 3.12. The summed E-state index contributed by atoms with van der Waals surface area (Å²) < 4.78 is 5.36. The molecule has 3 fully saturated rings. The van der Waals surface area contributed by atoms with Gasteiger partial charge in [-0.15, -0.1) is 0 Å². The molecule has 4 heteroatoms. The molecule has 3 aliphatic carbocycles. The summed E-state index contributed by atoms with van der Waals surface area (Å²) >= 11 is 0. The summed E-state index contributed by atoms with van der Waals surface area (Å²) in [6.07, 6.45) is 6.28. The number of rotatable bonds is 2. The van der Waals surface area contributed by atoms with Gasteiger partial charge in [-0.25, -0.2) is 4.79 Å². The molecule has 0 aromatic carbocycles. The van der Waals surface area contributed by atoms with E-state index in [1.165, 1.54) is 0 Å². The van der Waals surface area contributed by atoms with Crippen LogP contribution in [0, 0.1) is 5.41 Å². The van der Waals surface area contributed by atoms with E-state index in [0.29, 0.717) is 5.41 Å². The molecule has 0 unspecified atom stereocenters. The van der Waals surface area contributed by atoms with Crippen LogP contribution in [0.5, 0.6) is 0 Å². The fraction of sp³-hybridized carbons (Fsp3) is 0.929. The molecule has 3 N–H and O–H groups in total. The largest absolute Gasteiger partial charge is 0.444 e. The maximum atomic E-state index is 11.9. The lowest BCUT2D eigenvalue weighted by molar-refractivity contribution is 0.00806. The second-order valence-electron chi connectivity index (χ2n) is 7.11. The molecule has 0 aromatic rings. The molecule has 0 heterocycles. The normalized spacial score (nSPS) is 35.3. The molecular formula is C14H26N2O2. The van der Waals surface area contributed by atoms with Crippen LogP contribution in [0.3, 0.4) is 0 Å². The SMILES string of the molecule is CC(C)(C)OC(=O)N[C@]12CC[C@](CN)(CC1)CC2. The lowest BCUT2D eigenvalue weighted by atomic mass is 9.57.